The lowest BCUT2D eigenvalue weighted by atomic mass is 10.1. The van der Waals surface area contributed by atoms with Gasteiger partial charge in [-0.1, -0.05) is 30.3 Å². The van der Waals surface area contributed by atoms with Crippen LogP contribution in [0.3, 0.4) is 0 Å². The summed E-state index contributed by atoms with van der Waals surface area (Å²) in [6, 6.07) is 17.3. The van der Waals surface area contributed by atoms with E-state index in [1.165, 1.54) is 5.56 Å². The van der Waals surface area contributed by atoms with Gasteiger partial charge in [0.25, 0.3) is 0 Å². The smallest absolute Gasteiger partial charge is 0.243 e. The summed E-state index contributed by atoms with van der Waals surface area (Å²) in [5.74, 6) is 0. The Morgan fingerprint density at radius 3 is 2.16 bits per heavy atom. The highest BCUT2D eigenvalue weighted by molar-refractivity contribution is 7.89. The summed E-state index contributed by atoms with van der Waals surface area (Å²) in [6.45, 7) is 3.62. The standard InChI is InChI=1S/C19H25N3O2S/c1-20-18-7-9-19(10-8-18)25(23,24)22-15-13-21(14-16-22)12-11-17-5-3-2-4-6-17/h2-10,20H,11-16H2,1H3. The zero-order valence-electron chi connectivity index (χ0n) is 14.6. The number of benzene rings is 2. The molecule has 1 saturated heterocycles. The number of rotatable bonds is 6. The molecule has 1 fully saturated rings. The molecule has 0 spiro atoms. The third kappa shape index (κ3) is 4.39. The van der Waals surface area contributed by atoms with Gasteiger partial charge in [0.2, 0.25) is 10.0 Å². The molecular weight excluding hydrogens is 334 g/mol. The van der Waals surface area contributed by atoms with Crippen molar-refractivity contribution in [1.82, 2.24) is 9.21 Å². The SMILES string of the molecule is CNc1ccc(S(=O)(=O)N2CCN(CCc3ccccc3)CC2)cc1. The Balaban J connectivity index is 1.55. The predicted octanol–water partition coefficient (Wildman–Crippen LogP) is 2.28. The maximum absolute atomic E-state index is 12.8. The predicted molar refractivity (Wildman–Crippen MR) is 101 cm³/mol. The maximum Gasteiger partial charge on any atom is 0.243 e. The summed E-state index contributed by atoms with van der Waals surface area (Å²) in [5.41, 5.74) is 2.23. The Morgan fingerprint density at radius 2 is 1.56 bits per heavy atom. The number of anilines is 1. The number of hydrogen-bond donors (Lipinski definition) is 1. The largest absolute Gasteiger partial charge is 0.388 e. The van der Waals surface area contributed by atoms with Crippen LogP contribution in [0.15, 0.2) is 59.5 Å². The molecule has 1 aliphatic heterocycles. The van der Waals surface area contributed by atoms with Gasteiger partial charge in [-0.3, -0.25) is 0 Å². The maximum atomic E-state index is 12.8. The first-order valence-electron chi connectivity index (χ1n) is 8.64. The second-order valence-corrected chi connectivity index (χ2v) is 8.19. The molecule has 5 nitrogen and oxygen atoms in total. The minimum atomic E-state index is -3.40. The molecule has 0 aromatic heterocycles. The van der Waals surface area contributed by atoms with Crippen LogP contribution in [-0.4, -0.2) is 57.4 Å². The number of hydrogen-bond acceptors (Lipinski definition) is 4. The molecular formula is C19H25N3O2S. The van der Waals surface area contributed by atoms with Gasteiger partial charge in [0.05, 0.1) is 4.90 Å². The van der Waals surface area contributed by atoms with E-state index in [1.54, 1.807) is 28.6 Å². The fraction of sp³-hybridized carbons (Fsp3) is 0.368. The fourth-order valence-corrected chi connectivity index (χ4v) is 4.49. The van der Waals surface area contributed by atoms with E-state index in [0.29, 0.717) is 18.0 Å². The fourth-order valence-electron chi connectivity index (χ4n) is 3.07. The highest BCUT2D eigenvalue weighted by Crippen LogP contribution is 2.19. The van der Waals surface area contributed by atoms with E-state index in [1.807, 2.05) is 13.1 Å². The van der Waals surface area contributed by atoms with Crippen molar-refractivity contribution in [2.45, 2.75) is 11.3 Å². The molecule has 0 amide bonds. The van der Waals surface area contributed by atoms with E-state index in [-0.39, 0.29) is 0 Å². The quantitative estimate of drug-likeness (QED) is 0.860. The number of sulfonamides is 1. The van der Waals surface area contributed by atoms with E-state index in [9.17, 15) is 8.42 Å². The Bertz CT molecular complexity index is 768. The Labute approximate surface area is 150 Å². The minimum absolute atomic E-state index is 0.365. The molecule has 1 N–H and O–H groups in total. The van der Waals surface area contributed by atoms with Gasteiger partial charge in [-0.15, -0.1) is 0 Å². The van der Waals surface area contributed by atoms with Crippen LogP contribution < -0.4 is 5.32 Å². The van der Waals surface area contributed by atoms with Gasteiger partial charge in [-0.05, 0) is 36.2 Å². The lowest BCUT2D eigenvalue weighted by Gasteiger charge is -2.34. The third-order valence-electron chi connectivity index (χ3n) is 4.67. The molecule has 6 heteroatoms. The molecule has 2 aromatic rings. The topological polar surface area (TPSA) is 52.7 Å². The van der Waals surface area contributed by atoms with Crippen LogP contribution >= 0.6 is 0 Å². The summed E-state index contributed by atoms with van der Waals surface area (Å²) in [6.07, 6.45) is 0.999. The van der Waals surface area contributed by atoms with E-state index in [4.69, 9.17) is 0 Å². The molecule has 2 aromatic carbocycles. The van der Waals surface area contributed by atoms with Crippen molar-refractivity contribution in [3.63, 3.8) is 0 Å². The third-order valence-corrected chi connectivity index (χ3v) is 6.58. The van der Waals surface area contributed by atoms with Crippen molar-refractivity contribution in [2.24, 2.45) is 0 Å². The van der Waals surface area contributed by atoms with Crippen LogP contribution in [0.25, 0.3) is 0 Å². The molecule has 0 aliphatic carbocycles. The van der Waals surface area contributed by atoms with Gasteiger partial charge in [0.15, 0.2) is 0 Å². The van der Waals surface area contributed by atoms with Crippen LogP contribution in [0.2, 0.25) is 0 Å². The molecule has 0 bridgehead atoms. The molecule has 1 aliphatic rings. The van der Waals surface area contributed by atoms with Gasteiger partial charge in [0.1, 0.15) is 0 Å². The Morgan fingerprint density at radius 1 is 0.920 bits per heavy atom. The molecule has 134 valence electrons. The van der Waals surface area contributed by atoms with Crippen molar-refractivity contribution in [1.29, 1.82) is 0 Å². The Kier molecular flexibility index (Phi) is 5.73. The van der Waals surface area contributed by atoms with Gasteiger partial charge in [0, 0.05) is 45.5 Å². The minimum Gasteiger partial charge on any atom is -0.388 e. The summed E-state index contributed by atoms with van der Waals surface area (Å²) < 4.78 is 27.1. The first kappa shape index (κ1) is 17.9. The van der Waals surface area contributed by atoms with Gasteiger partial charge in [-0.2, -0.15) is 4.31 Å². The zero-order valence-corrected chi connectivity index (χ0v) is 15.4. The average Bonchev–Trinajstić information content (AvgIpc) is 2.67. The van der Waals surface area contributed by atoms with Crippen LogP contribution in [-0.2, 0) is 16.4 Å². The molecule has 25 heavy (non-hydrogen) atoms. The van der Waals surface area contributed by atoms with E-state index in [0.717, 1.165) is 31.7 Å². The summed E-state index contributed by atoms with van der Waals surface area (Å²) in [4.78, 5) is 2.70. The van der Waals surface area contributed by atoms with Gasteiger partial charge in [-0.25, -0.2) is 8.42 Å². The average molecular weight is 359 g/mol. The zero-order chi connectivity index (χ0) is 17.7. The molecule has 3 rings (SSSR count). The molecule has 0 unspecified atom stereocenters. The lowest BCUT2D eigenvalue weighted by molar-refractivity contribution is 0.190. The first-order chi connectivity index (χ1) is 12.1. The summed E-state index contributed by atoms with van der Waals surface area (Å²) in [7, 11) is -1.58. The van der Waals surface area contributed by atoms with E-state index in [2.05, 4.69) is 34.5 Å². The van der Waals surface area contributed by atoms with E-state index < -0.39 is 10.0 Å². The van der Waals surface area contributed by atoms with Crippen LogP contribution in [0, 0.1) is 0 Å². The second kappa shape index (κ2) is 7.99. The van der Waals surface area contributed by atoms with Crippen molar-refractivity contribution in [2.75, 3.05) is 45.1 Å². The first-order valence-corrected chi connectivity index (χ1v) is 10.1. The lowest BCUT2D eigenvalue weighted by Crippen LogP contribution is -2.48. The number of nitrogens with one attached hydrogen (secondary N) is 1. The van der Waals surface area contributed by atoms with Crippen molar-refractivity contribution in [3.05, 3.63) is 60.2 Å². The summed E-state index contributed by atoms with van der Waals surface area (Å²) >= 11 is 0. The highest BCUT2D eigenvalue weighted by Gasteiger charge is 2.28. The summed E-state index contributed by atoms with van der Waals surface area (Å²) in [5, 5.41) is 3.00. The van der Waals surface area contributed by atoms with Crippen molar-refractivity contribution < 1.29 is 8.42 Å². The van der Waals surface area contributed by atoms with Crippen molar-refractivity contribution in [3.8, 4) is 0 Å². The number of nitrogens with zero attached hydrogens (tertiary/aromatic N) is 2. The van der Waals surface area contributed by atoms with Crippen LogP contribution in [0.5, 0.6) is 0 Å². The Hall–Kier alpha value is -1.89. The molecule has 0 radical (unpaired) electrons. The van der Waals surface area contributed by atoms with E-state index >= 15 is 0 Å². The second-order valence-electron chi connectivity index (χ2n) is 6.26. The normalized spacial score (nSPS) is 16.7. The van der Waals surface area contributed by atoms with Crippen molar-refractivity contribution >= 4 is 15.7 Å². The monoisotopic (exact) mass is 359 g/mol. The number of piperazine rings is 1. The molecule has 0 saturated carbocycles. The molecule has 0 atom stereocenters. The van der Waals surface area contributed by atoms with Gasteiger partial charge < -0.3 is 10.2 Å². The van der Waals surface area contributed by atoms with Crippen LogP contribution in [0.1, 0.15) is 5.56 Å². The highest BCUT2D eigenvalue weighted by atomic mass is 32.2. The van der Waals surface area contributed by atoms with Gasteiger partial charge >= 0.3 is 0 Å². The molecule has 1 heterocycles. The van der Waals surface area contributed by atoms with Crippen LogP contribution in [0.4, 0.5) is 5.69 Å².